The summed E-state index contributed by atoms with van der Waals surface area (Å²) in [6.07, 6.45) is 4.08. The molecule has 2 heterocycles. The molecule has 1 amide bonds. The van der Waals surface area contributed by atoms with Crippen molar-refractivity contribution in [1.29, 1.82) is 0 Å². The van der Waals surface area contributed by atoms with Gasteiger partial charge in [-0.1, -0.05) is 32.0 Å². The van der Waals surface area contributed by atoms with Gasteiger partial charge in [-0.2, -0.15) is 5.10 Å². The van der Waals surface area contributed by atoms with Crippen LogP contribution in [0.5, 0.6) is 5.75 Å². The number of nitrogens with one attached hydrogen (secondary N) is 1. The number of hydrogen-bond acceptors (Lipinski definition) is 5. The van der Waals surface area contributed by atoms with Gasteiger partial charge in [-0.05, 0) is 36.6 Å². The molecule has 3 aromatic rings. The molecule has 0 aliphatic carbocycles. The fraction of sp³-hybridized carbons (Fsp3) is 0.300. The van der Waals surface area contributed by atoms with Crippen molar-refractivity contribution in [2.45, 2.75) is 39.3 Å². The first-order chi connectivity index (χ1) is 13.0. The lowest BCUT2D eigenvalue weighted by molar-refractivity contribution is -0.127. The smallest absolute Gasteiger partial charge is 0.261 e. The second-order valence-corrected chi connectivity index (χ2v) is 6.53. The maximum Gasteiger partial charge on any atom is 0.261 e. The molecule has 0 radical (unpaired) electrons. The zero-order chi connectivity index (χ0) is 19.2. The molecule has 27 heavy (non-hydrogen) atoms. The first kappa shape index (κ1) is 18.6. The Bertz CT molecular complexity index is 893. The lowest BCUT2D eigenvalue weighted by atomic mass is 10.0. The van der Waals surface area contributed by atoms with Gasteiger partial charge in [0.15, 0.2) is 11.9 Å². The van der Waals surface area contributed by atoms with E-state index in [4.69, 9.17) is 4.74 Å². The highest BCUT2D eigenvalue weighted by molar-refractivity contribution is 5.80. The van der Waals surface area contributed by atoms with Crippen LogP contribution in [-0.2, 0) is 11.3 Å². The highest BCUT2D eigenvalue weighted by Crippen LogP contribution is 2.21. The summed E-state index contributed by atoms with van der Waals surface area (Å²) in [5.74, 6) is 1.53. The quantitative estimate of drug-likeness (QED) is 0.696. The van der Waals surface area contributed by atoms with Gasteiger partial charge in [0.25, 0.3) is 5.91 Å². The van der Waals surface area contributed by atoms with Crippen molar-refractivity contribution in [3.8, 4) is 11.6 Å². The first-order valence-corrected chi connectivity index (χ1v) is 8.88. The van der Waals surface area contributed by atoms with E-state index in [2.05, 4.69) is 40.3 Å². The van der Waals surface area contributed by atoms with Crippen LogP contribution < -0.4 is 10.1 Å². The molecule has 0 saturated carbocycles. The van der Waals surface area contributed by atoms with Gasteiger partial charge in [0.1, 0.15) is 18.4 Å². The van der Waals surface area contributed by atoms with Gasteiger partial charge in [0.2, 0.25) is 0 Å². The molecule has 1 atom stereocenters. The molecule has 7 nitrogen and oxygen atoms in total. The standard InChI is InChI=1S/C20H23N5O2/c1-14(2)16-6-4-8-18(10-16)27-15(3)20(26)23-11-17-7-5-9-22-19(17)25-13-21-12-24-25/h4-10,12-15H,11H2,1-3H3,(H,23,26)/t15-/m0/s1. The number of ether oxygens (including phenoxy) is 1. The van der Waals surface area contributed by atoms with Crippen LogP contribution in [-0.4, -0.2) is 31.8 Å². The van der Waals surface area contributed by atoms with Gasteiger partial charge in [0.05, 0.1) is 0 Å². The Hall–Kier alpha value is -3.22. The molecule has 140 valence electrons. The number of hydrogen-bond donors (Lipinski definition) is 1. The third-order valence-corrected chi connectivity index (χ3v) is 4.16. The monoisotopic (exact) mass is 365 g/mol. The number of pyridine rings is 1. The topological polar surface area (TPSA) is 81.9 Å². The van der Waals surface area contributed by atoms with Crippen LogP contribution in [0.3, 0.4) is 0 Å². The molecule has 0 unspecified atom stereocenters. The fourth-order valence-corrected chi connectivity index (χ4v) is 2.62. The summed E-state index contributed by atoms with van der Waals surface area (Å²) in [7, 11) is 0. The minimum Gasteiger partial charge on any atom is -0.481 e. The van der Waals surface area contributed by atoms with Gasteiger partial charge in [-0.15, -0.1) is 0 Å². The molecular weight excluding hydrogens is 342 g/mol. The lowest BCUT2D eigenvalue weighted by Gasteiger charge is -2.16. The van der Waals surface area contributed by atoms with Crippen molar-refractivity contribution in [2.24, 2.45) is 0 Å². The number of benzene rings is 1. The number of carbonyl (C=O) groups excluding carboxylic acids is 1. The van der Waals surface area contributed by atoms with Crippen molar-refractivity contribution in [1.82, 2.24) is 25.1 Å². The summed E-state index contributed by atoms with van der Waals surface area (Å²) >= 11 is 0. The van der Waals surface area contributed by atoms with Gasteiger partial charge < -0.3 is 10.1 Å². The van der Waals surface area contributed by atoms with Crippen LogP contribution >= 0.6 is 0 Å². The van der Waals surface area contributed by atoms with Gasteiger partial charge >= 0.3 is 0 Å². The Balaban J connectivity index is 1.62. The molecule has 3 rings (SSSR count). The fourth-order valence-electron chi connectivity index (χ4n) is 2.62. The van der Waals surface area contributed by atoms with E-state index in [1.165, 1.54) is 11.9 Å². The predicted molar refractivity (Wildman–Crippen MR) is 102 cm³/mol. The van der Waals surface area contributed by atoms with E-state index in [9.17, 15) is 4.79 Å². The van der Waals surface area contributed by atoms with Crippen LogP contribution in [0.2, 0.25) is 0 Å². The molecule has 7 heteroatoms. The maximum atomic E-state index is 12.4. The van der Waals surface area contributed by atoms with Crippen molar-refractivity contribution in [3.05, 3.63) is 66.4 Å². The SMILES string of the molecule is CC(C)c1cccc(O[C@@H](C)C(=O)NCc2cccnc2-n2cncn2)c1. The predicted octanol–water partition coefficient (Wildman–Crippen LogP) is 2.87. The van der Waals surface area contributed by atoms with E-state index in [0.717, 1.165) is 5.56 Å². The summed E-state index contributed by atoms with van der Waals surface area (Å²) in [6.45, 7) is 6.30. The van der Waals surface area contributed by atoms with Crippen molar-refractivity contribution < 1.29 is 9.53 Å². The molecular formula is C20H23N5O2. The molecule has 0 aliphatic heterocycles. The summed E-state index contributed by atoms with van der Waals surface area (Å²) in [6, 6.07) is 11.5. The summed E-state index contributed by atoms with van der Waals surface area (Å²) in [5.41, 5.74) is 2.01. The zero-order valence-electron chi connectivity index (χ0n) is 15.7. The molecule has 0 saturated heterocycles. The normalized spacial score (nSPS) is 12.0. The van der Waals surface area contributed by atoms with Crippen molar-refractivity contribution in [2.75, 3.05) is 0 Å². The van der Waals surface area contributed by atoms with Gasteiger partial charge in [-0.25, -0.2) is 14.6 Å². The number of carbonyl (C=O) groups is 1. The zero-order valence-corrected chi connectivity index (χ0v) is 15.7. The number of rotatable bonds is 7. The third kappa shape index (κ3) is 4.69. The highest BCUT2D eigenvalue weighted by atomic mass is 16.5. The van der Waals surface area contributed by atoms with E-state index in [1.807, 2.05) is 30.3 Å². The Morgan fingerprint density at radius 1 is 1.22 bits per heavy atom. The number of amides is 1. The second kappa shape index (κ2) is 8.44. The molecule has 1 N–H and O–H groups in total. The Kier molecular flexibility index (Phi) is 5.80. The minimum atomic E-state index is -0.612. The first-order valence-electron chi connectivity index (χ1n) is 8.88. The van der Waals surface area contributed by atoms with E-state index in [-0.39, 0.29) is 5.91 Å². The number of aromatic nitrogens is 4. The molecule has 0 bridgehead atoms. The van der Waals surface area contributed by atoms with Crippen LogP contribution in [0, 0.1) is 0 Å². The van der Waals surface area contributed by atoms with E-state index in [0.29, 0.717) is 24.0 Å². The van der Waals surface area contributed by atoms with Gasteiger partial charge in [-0.3, -0.25) is 4.79 Å². The minimum absolute atomic E-state index is 0.196. The summed E-state index contributed by atoms with van der Waals surface area (Å²) < 4.78 is 7.37. The van der Waals surface area contributed by atoms with Crippen LogP contribution in [0.1, 0.15) is 37.8 Å². The molecule has 2 aromatic heterocycles. The molecule has 1 aromatic carbocycles. The summed E-state index contributed by atoms with van der Waals surface area (Å²) in [4.78, 5) is 20.7. The average molecular weight is 365 g/mol. The van der Waals surface area contributed by atoms with Gasteiger partial charge in [0, 0.05) is 18.3 Å². The lowest BCUT2D eigenvalue weighted by Crippen LogP contribution is -2.36. The summed E-state index contributed by atoms with van der Waals surface area (Å²) in [5, 5.41) is 6.99. The second-order valence-electron chi connectivity index (χ2n) is 6.53. The van der Waals surface area contributed by atoms with Crippen molar-refractivity contribution in [3.63, 3.8) is 0 Å². The van der Waals surface area contributed by atoms with E-state index >= 15 is 0 Å². The largest absolute Gasteiger partial charge is 0.481 e. The maximum absolute atomic E-state index is 12.4. The van der Waals surface area contributed by atoms with Crippen molar-refractivity contribution >= 4 is 5.91 Å². The Morgan fingerprint density at radius 2 is 2.07 bits per heavy atom. The molecule has 0 aliphatic rings. The Morgan fingerprint density at radius 3 is 2.81 bits per heavy atom. The number of nitrogens with zero attached hydrogens (tertiary/aromatic N) is 4. The third-order valence-electron chi connectivity index (χ3n) is 4.16. The Labute approximate surface area is 158 Å². The highest BCUT2D eigenvalue weighted by Gasteiger charge is 2.16. The van der Waals surface area contributed by atoms with E-state index in [1.54, 1.807) is 24.1 Å². The molecule has 0 spiro atoms. The average Bonchev–Trinajstić information content (AvgIpc) is 3.21. The molecule has 0 fully saturated rings. The van der Waals surface area contributed by atoms with E-state index < -0.39 is 6.10 Å². The van der Waals surface area contributed by atoms with Crippen LogP contribution in [0.25, 0.3) is 5.82 Å². The van der Waals surface area contributed by atoms with Crippen LogP contribution in [0.4, 0.5) is 0 Å². The van der Waals surface area contributed by atoms with Crippen LogP contribution in [0.15, 0.2) is 55.2 Å².